The molecular formula is C23H26F3N5O3. The van der Waals surface area contributed by atoms with Gasteiger partial charge in [-0.1, -0.05) is 12.1 Å². The second-order valence-corrected chi connectivity index (χ2v) is 8.47. The van der Waals surface area contributed by atoms with E-state index in [4.69, 9.17) is 0 Å². The molecule has 0 bridgehead atoms. The van der Waals surface area contributed by atoms with Crippen LogP contribution < -0.4 is 20.9 Å². The van der Waals surface area contributed by atoms with Gasteiger partial charge in [0.25, 0.3) is 5.91 Å². The summed E-state index contributed by atoms with van der Waals surface area (Å²) in [7, 11) is 0. The lowest BCUT2D eigenvalue weighted by molar-refractivity contribution is -0.179. The first-order valence-electron chi connectivity index (χ1n) is 11.0. The Morgan fingerprint density at radius 2 is 1.65 bits per heavy atom. The molecule has 2 aromatic rings. The lowest BCUT2D eigenvalue weighted by atomic mass is 9.96. The van der Waals surface area contributed by atoms with Gasteiger partial charge in [0.05, 0.1) is 12.5 Å². The van der Waals surface area contributed by atoms with Gasteiger partial charge in [0, 0.05) is 36.7 Å². The average molecular weight is 477 g/mol. The van der Waals surface area contributed by atoms with Crippen LogP contribution in [0, 0.1) is 5.92 Å². The maximum absolute atomic E-state index is 12.9. The van der Waals surface area contributed by atoms with Crippen molar-refractivity contribution < 1.29 is 28.0 Å². The average Bonchev–Trinajstić information content (AvgIpc) is 3.26. The molecule has 0 aliphatic carbocycles. The minimum Gasteiger partial charge on any atom is -0.372 e. The molecule has 0 radical (unpaired) electrons. The number of nitrogens with zero attached hydrogens (tertiary/aromatic N) is 2. The van der Waals surface area contributed by atoms with Crippen molar-refractivity contribution in [2.24, 2.45) is 5.92 Å². The van der Waals surface area contributed by atoms with E-state index >= 15 is 0 Å². The van der Waals surface area contributed by atoms with Gasteiger partial charge in [0.1, 0.15) is 6.04 Å². The normalized spacial score (nSPS) is 18.9. The smallest absolute Gasteiger partial charge is 0.372 e. The lowest BCUT2D eigenvalue weighted by Crippen LogP contribution is -2.43. The van der Waals surface area contributed by atoms with Gasteiger partial charge in [-0.3, -0.25) is 10.0 Å². The number of alkyl halides is 3. The summed E-state index contributed by atoms with van der Waals surface area (Å²) in [5.74, 6) is -1.81. The summed E-state index contributed by atoms with van der Waals surface area (Å²) >= 11 is 0. The number of urea groups is 1. The molecule has 2 aliphatic heterocycles. The molecule has 2 aromatic carbocycles. The van der Waals surface area contributed by atoms with Crippen LogP contribution in [0.3, 0.4) is 0 Å². The predicted octanol–water partition coefficient (Wildman–Crippen LogP) is 3.61. The summed E-state index contributed by atoms with van der Waals surface area (Å²) in [6.45, 7) is 0.867. The lowest BCUT2D eigenvalue weighted by Gasteiger charge is -2.34. The monoisotopic (exact) mass is 477 g/mol. The molecule has 4 rings (SSSR count). The Hall–Kier alpha value is -3.47. The van der Waals surface area contributed by atoms with Gasteiger partial charge in [-0.15, -0.1) is 0 Å². The van der Waals surface area contributed by atoms with E-state index in [1.54, 1.807) is 12.1 Å². The minimum atomic E-state index is -4.12. The van der Waals surface area contributed by atoms with Gasteiger partial charge in [-0.05, 0) is 54.8 Å². The quantitative estimate of drug-likeness (QED) is 0.377. The van der Waals surface area contributed by atoms with Gasteiger partial charge in [0.15, 0.2) is 0 Å². The Morgan fingerprint density at radius 1 is 1.06 bits per heavy atom. The van der Waals surface area contributed by atoms with Crippen LogP contribution in [0.1, 0.15) is 18.4 Å². The predicted molar refractivity (Wildman–Crippen MR) is 120 cm³/mol. The Bertz CT molecular complexity index is 1010. The first-order valence-corrected chi connectivity index (χ1v) is 11.0. The molecule has 3 amide bonds. The third-order valence-electron chi connectivity index (χ3n) is 6.09. The van der Waals surface area contributed by atoms with Crippen LogP contribution in [0.4, 0.5) is 35.0 Å². The molecule has 11 heteroatoms. The molecule has 2 aliphatic rings. The van der Waals surface area contributed by atoms with Gasteiger partial charge < -0.3 is 20.9 Å². The summed E-state index contributed by atoms with van der Waals surface area (Å²) in [5.41, 5.74) is 3.22. The molecule has 182 valence electrons. The van der Waals surface area contributed by atoms with Crippen molar-refractivity contribution in [3.05, 3.63) is 54.1 Å². The van der Waals surface area contributed by atoms with Gasteiger partial charge in [-0.2, -0.15) is 13.2 Å². The van der Waals surface area contributed by atoms with Crippen molar-refractivity contribution >= 4 is 29.0 Å². The van der Waals surface area contributed by atoms with Crippen molar-refractivity contribution in [1.29, 1.82) is 0 Å². The van der Waals surface area contributed by atoms with E-state index in [2.05, 4.69) is 16.0 Å². The maximum atomic E-state index is 12.9. The van der Waals surface area contributed by atoms with Gasteiger partial charge >= 0.3 is 12.2 Å². The second-order valence-electron chi connectivity index (χ2n) is 8.47. The summed E-state index contributed by atoms with van der Waals surface area (Å²) in [6.07, 6.45) is -3.90. The van der Waals surface area contributed by atoms with E-state index in [-0.39, 0.29) is 25.9 Å². The number of carbonyl (C=O) groups is 2. The molecule has 0 unspecified atom stereocenters. The number of hydrogen-bond donors (Lipinski definition) is 4. The maximum Gasteiger partial charge on any atom is 0.391 e. The van der Waals surface area contributed by atoms with Crippen LogP contribution in [0.2, 0.25) is 0 Å². The van der Waals surface area contributed by atoms with Crippen LogP contribution in [0.15, 0.2) is 48.5 Å². The topological polar surface area (TPSA) is 96.9 Å². The number of benzene rings is 2. The minimum absolute atomic E-state index is 0.0226. The Kier molecular flexibility index (Phi) is 6.82. The standard InChI is InChI=1S/C23H26F3N5O3/c24-23(25,26)16-9-11-30(12-10-16)19-7-5-18(6-8-19)28-17-3-1-15(2-4-17)14-31(34)21(32)20-13-27-22(33)29-20/h1-8,16,20,28,34H,9-14H2,(H2,27,29,33)/t20-/m0/s1. The number of hydrogen-bond acceptors (Lipinski definition) is 5. The van der Waals surface area contributed by atoms with Crippen molar-refractivity contribution in [2.75, 3.05) is 29.9 Å². The number of halogens is 3. The largest absolute Gasteiger partial charge is 0.391 e. The number of nitrogens with one attached hydrogen (secondary N) is 3. The van der Waals surface area contributed by atoms with Crippen molar-refractivity contribution in [2.45, 2.75) is 31.6 Å². The highest BCUT2D eigenvalue weighted by molar-refractivity contribution is 5.89. The summed E-state index contributed by atoms with van der Waals surface area (Å²) < 4.78 is 38.6. The highest BCUT2D eigenvalue weighted by Gasteiger charge is 2.41. The molecule has 1 atom stereocenters. The zero-order valence-corrected chi connectivity index (χ0v) is 18.3. The number of rotatable bonds is 6. The molecule has 34 heavy (non-hydrogen) atoms. The SMILES string of the molecule is O=C1NC[C@@H](C(=O)N(O)Cc2ccc(Nc3ccc(N4CCC(C(F)(F)F)CC4)cc3)cc2)N1. The van der Waals surface area contributed by atoms with Crippen LogP contribution in [0.5, 0.6) is 0 Å². The van der Waals surface area contributed by atoms with Crippen LogP contribution >= 0.6 is 0 Å². The fourth-order valence-corrected chi connectivity index (χ4v) is 4.12. The number of carbonyl (C=O) groups excluding carboxylic acids is 2. The molecule has 4 N–H and O–H groups in total. The fourth-order valence-electron chi connectivity index (χ4n) is 4.12. The van der Waals surface area contributed by atoms with Crippen LogP contribution in [-0.4, -0.2) is 54.1 Å². The zero-order valence-electron chi connectivity index (χ0n) is 18.3. The van der Waals surface area contributed by atoms with E-state index in [1.165, 1.54) is 0 Å². The third kappa shape index (κ3) is 5.71. The number of anilines is 3. The van der Waals surface area contributed by atoms with Gasteiger partial charge in [0.2, 0.25) is 0 Å². The van der Waals surface area contributed by atoms with Crippen LogP contribution in [-0.2, 0) is 11.3 Å². The van der Waals surface area contributed by atoms with Crippen LogP contribution in [0.25, 0.3) is 0 Å². The zero-order chi connectivity index (χ0) is 24.3. The molecule has 2 heterocycles. The molecular weight excluding hydrogens is 451 g/mol. The number of amides is 3. The van der Waals surface area contributed by atoms with E-state index in [0.717, 1.165) is 17.1 Å². The molecule has 2 fully saturated rings. The van der Waals surface area contributed by atoms with Crippen molar-refractivity contribution in [1.82, 2.24) is 15.7 Å². The molecule has 8 nitrogen and oxygen atoms in total. The molecule has 2 saturated heterocycles. The fraction of sp³-hybridized carbons (Fsp3) is 0.391. The van der Waals surface area contributed by atoms with E-state index in [0.29, 0.717) is 23.7 Å². The van der Waals surface area contributed by atoms with Crippen molar-refractivity contribution in [3.8, 4) is 0 Å². The summed E-state index contributed by atoms with van der Waals surface area (Å²) in [5, 5.41) is 18.8. The first kappa shape index (κ1) is 23.7. The first-order chi connectivity index (χ1) is 16.2. The second kappa shape index (κ2) is 9.80. The third-order valence-corrected chi connectivity index (χ3v) is 6.09. The van der Waals surface area contributed by atoms with Crippen molar-refractivity contribution in [3.63, 3.8) is 0 Å². The Balaban J connectivity index is 1.28. The van der Waals surface area contributed by atoms with E-state index in [9.17, 15) is 28.0 Å². The van der Waals surface area contributed by atoms with E-state index in [1.807, 2.05) is 41.3 Å². The van der Waals surface area contributed by atoms with E-state index < -0.39 is 30.1 Å². The molecule has 0 saturated carbocycles. The highest BCUT2D eigenvalue weighted by Crippen LogP contribution is 2.35. The molecule has 0 spiro atoms. The molecule has 0 aromatic heterocycles. The number of piperidine rings is 1. The summed E-state index contributed by atoms with van der Waals surface area (Å²) in [4.78, 5) is 25.3. The highest BCUT2D eigenvalue weighted by atomic mass is 19.4. The Morgan fingerprint density at radius 3 is 2.18 bits per heavy atom. The number of hydroxylamine groups is 2. The van der Waals surface area contributed by atoms with Gasteiger partial charge in [-0.25, -0.2) is 9.86 Å². The Labute approximate surface area is 194 Å². The summed E-state index contributed by atoms with van der Waals surface area (Å²) in [6, 6.07) is 13.4.